The third-order valence-electron chi connectivity index (χ3n) is 5.34. The number of Topliss-reactive ketones (excluding diaryl/α,β-unsaturated/α-hetero) is 1. The highest BCUT2D eigenvalue weighted by Crippen LogP contribution is 2.40. The quantitative estimate of drug-likeness (QED) is 0.367. The van der Waals surface area contributed by atoms with E-state index in [1.807, 2.05) is 38.1 Å². The van der Waals surface area contributed by atoms with Gasteiger partial charge in [-0.15, -0.1) is 0 Å². The molecular weight excluding hydrogens is 408 g/mol. The SMILES string of the molecule is CCCOc1cccc(/C(O)=C2/C(=O)C(=O)N(CCN(C)C)C2c2ccc(OC)cc2)c1. The highest BCUT2D eigenvalue weighted by atomic mass is 16.5. The topological polar surface area (TPSA) is 79.3 Å². The molecule has 2 aromatic rings. The van der Waals surface area contributed by atoms with E-state index in [4.69, 9.17) is 9.47 Å². The van der Waals surface area contributed by atoms with Crippen LogP contribution in [0.5, 0.6) is 11.5 Å². The van der Waals surface area contributed by atoms with E-state index in [1.165, 1.54) is 4.90 Å². The summed E-state index contributed by atoms with van der Waals surface area (Å²) < 4.78 is 10.9. The van der Waals surface area contributed by atoms with Gasteiger partial charge in [0.2, 0.25) is 0 Å². The van der Waals surface area contributed by atoms with Gasteiger partial charge in [0.1, 0.15) is 17.3 Å². The summed E-state index contributed by atoms with van der Waals surface area (Å²) in [6.45, 7) is 3.49. The molecule has 1 heterocycles. The summed E-state index contributed by atoms with van der Waals surface area (Å²) in [7, 11) is 5.38. The maximum atomic E-state index is 13.1. The van der Waals surface area contributed by atoms with E-state index < -0.39 is 17.7 Å². The third kappa shape index (κ3) is 4.94. The fraction of sp³-hybridized carbons (Fsp3) is 0.360. The number of amides is 1. The van der Waals surface area contributed by atoms with E-state index in [0.717, 1.165) is 12.0 Å². The summed E-state index contributed by atoms with van der Waals surface area (Å²) in [5, 5.41) is 11.2. The van der Waals surface area contributed by atoms with Crippen molar-refractivity contribution in [3.63, 3.8) is 0 Å². The van der Waals surface area contributed by atoms with Crippen LogP contribution in [0, 0.1) is 0 Å². The fourth-order valence-electron chi connectivity index (χ4n) is 3.66. The van der Waals surface area contributed by atoms with Crippen LogP contribution in [-0.2, 0) is 9.59 Å². The second-order valence-electron chi connectivity index (χ2n) is 7.95. The Labute approximate surface area is 188 Å². The van der Waals surface area contributed by atoms with Crippen molar-refractivity contribution in [2.45, 2.75) is 19.4 Å². The molecule has 0 aromatic heterocycles. The average molecular weight is 439 g/mol. The van der Waals surface area contributed by atoms with Crippen LogP contribution in [0.2, 0.25) is 0 Å². The first-order chi connectivity index (χ1) is 15.4. The molecule has 1 atom stereocenters. The number of rotatable bonds is 9. The monoisotopic (exact) mass is 438 g/mol. The second-order valence-corrected chi connectivity index (χ2v) is 7.95. The van der Waals surface area contributed by atoms with Crippen LogP contribution in [0.4, 0.5) is 0 Å². The summed E-state index contributed by atoms with van der Waals surface area (Å²) in [6, 6.07) is 13.4. The van der Waals surface area contributed by atoms with Crippen LogP contribution in [0.1, 0.15) is 30.5 Å². The van der Waals surface area contributed by atoms with Crippen LogP contribution in [-0.4, -0.2) is 67.5 Å². The largest absolute Gasteiger partial charge is 0.507 e. The van der Waals surface area contributed by atoms with Crippen LogP contribution in [0.3, 0.4) is 0 Å². The van der Waals surface area contributed by atoms with Crippen molar-refractivity contribution in [2.24, 2.45) is 0 Å². The number of likely N-dealkylation sites (tertiary alicyclic amines) is 1. The third-order valence-corrected chi connectivity index (χ3v) is 5.34. The van der Waals surface area contributed by atoms with Gasteiger partial charge in [-0.1, -0.05) is 31.2 Å². The fourth-order valence-corrected chi connectivity index (χ4v) is 3.66. The number of ether oxygens (including phenoxy) is 2. The summed E-state index contributed by atoms with van der Waals surface area (Å²) in [6.07, 6.45) is 0.852. The number of ketones is 1. The minimum absolute atomic E-state index is 0.0755. The van der Waals surface area contributed by atoms with Crippen LogP contribution < -0.4 is 9.47 Å². The molecule has 170 valence electrons. The number of hydrogen-bond acceptors (Lipinski definition) is 6. The number of likely N-dealkylation sites (N-methyl/N-ethyl adjacent to an activating group) is 1. The molecule has 0 spiro atoms. The lowest BCUT2D eigenvalue weighted by Gasteiger charge is -2.26. The van der Waals surface area contributed by atoms with E-state index in [1.54, 1.807) is 43.5 Å². The minimum Gasteiger partial charge on any atom is -0.507 e. The van der Waals surface area contributed by atoms with Crippen molar-refractivity contribution >= 4 is 17.4 Å². The van der Waals surface area contributed by atoms with Gasteiger partial charge >= 0.3 is 0 Å². The second kappa shape index (κ2) is 10.3. The summed E-state index contributed by atoms with van der Waals surface area (Å²) in [5.41, 5.74) is 1.23. The number of aliphatic hydroxyl groups is 1. The number of carbonyl (C=O) groups excluding carboxylic acids is 2. The predicted octanol–water partition coefficient (Wildman–Crippen LogP) is 3.47. The molecule has 0 saturated carbocycles. The summed E-state index contributed by atoms with van der Waals surface area (Å²) >= 11 is 0. The number of carbonyl (C=O) groups is 2. The highest BCUT2D eigenvalue weighted by molar-refractivity contribution is 6.46. The Bertz CT molecular complexity index is 998. The van der Waals surface area contributed by atoms with Crippen LogP contribution >= 0.6 is 0 Å². The smallest absolute Gasteiger partial charge is 0.295 e. The molecule has 1 amide bonds. The minimum atomic E-state index is -0.693. The van der Waals surface area contributed by atoms with Crippen LogP contribution in [0.25, 0.3) is 5.76 Å². The summed E-state index contributed by atoms with van der Waals surface area (Å²) in [5.74, 6) is -0.258. The standard InChI is InChI=1S/C25H30N2O5/c1-5-15-32-20-8-6-7-18(16-20)23(28)21-22(17-9-11-19(31-4)12-10-17)27(14-13-26(2)3)25(30)24(21)29/h6-12,16,22,28H,5,13-15H2,1-4H3/b23-21-. The zero-order valence-electron chi connectivity index (χ0n) is 19.0. The number of nitrogens with zero attached hydrogens (tertiary/aromatic N) is 2. The predicted molar refractivity (Wildman–Crippen MR) is 123 cm³/mol. The summed E-state index contributed by atoms with van der Waals surface area (Å²) in [4.78, 5) is 29.5. The van der Waals surface area contributed by atoms with Gasteiger partial charge in [0.05, 0.1) is 25.3 Å². The zero-order valence-corrected chi connectivity index (χ0v) is 19.0. The van der Waals surface area contributed by atoms with E-state index in [2.05, 4.69) is 0 Å². The van der Waals surface area contributed by atoms with Gasteiger partial charge in [0.25, 0.3) is 11.7 Å². The van der Waals surface area contributed by atoms with Gasteiger partial charge in [-0.05, 0) is 50.3 Å². The molecule has 7 nitrogen and oxygen atoms in total. The van der Waals surface area contributed by atoms with Crippen molar-refractivity contribution in [3.05, 3.63) is 65.2 Å². The molecule has 1 unspecified atom stereocenters. The Balaban J connectivity index is 2.09. The Morgan fingerprint density at radius 2 is 1.81 bits per heavy atom. The van der Waals surface area contributed by atoms with Gasteiger partial charge < -0.3 is 24.4 Å². The van der Waals surface area contributed by atoms with Gasteiger partial charge in [0, 0.05) is 18.7 Å². The van der Waals surface area contributed by atoms with E-state index in [0.29, 0.717) is 36.8 Å². The Hall–Kier alpha value is -3.32. The first-order valence-corrected chi connectivity index (χ1v) is 10.7. The van der Waals surface area contributed by atoms with E-state index in [-0.39, 0.29) is 11.3 Å². The molecule has 1 saturated heterocycles. The van der Waals surface area contributed by atoms with E-state index in [9.17, 15) is 14.7 Å². The van der Waals surface area contributed by atoms with Gasteiger partial charge in [-0.2, -0.15) is 0 Å². The lowest BCUT2D eigenvalue weighted by Crippen LogP contribution is -2.35. The van der Waals surface area contributed by atoms with Crippen molar-refractivity contribution in [1.82, 2.24) is 9.80 Å². The van der Waals surface area contributed by atoms with Gasteiger partial charge in [-0.25, -0.2) is 0 Å². The molecule has 0 bridgehead atoms. The van der Waals surface area contributed by atoms with Crippen molar-refractivity contribution in [3.8, 4) is 11.5 Å². The molecule has 0 aliphatic carbocycles. The number of benzene rings is 2. The maximum absolute atomic E-state index is 13.1. The molecule has 3 rings (SSSR count). The average Bonchev–Trinajstić information content (AvgIpc) is 3.06. The van der Waals surface area contributed by atoms with Crippen molar-refractivity contribution < 1.29 is 24.2 Å². The number of hydrogen-bond donors (Lipinski definition) is 1. The number of methoxy groups -OCH3 is 1. The lowest BCUT2D eigenvalue weighted by atomic mass is 9.95. The first-order valence-electron chi connectivity index (χ1n) is 10.7. The first kappa shape index (κ1) is 23.3. The zero-order chi connectivity index (χ0) is 23.3. The molecule has 1 N–H and O–H groups in total. The normalized spacial score (nSPS) is 17.8. The van der Waals surface area contributed by atoms with Crippen molar-refractivity contribution in [1.29, 1.82) is 0 Å². The maximum Gasteiger partial charge on any atom is 0.295 e. The molecular formula is C25H30N2O5. The number of aliphatic hydroxyl groups excluding tert-OH is 1. The van der Waals surface area contributed by atoms with Crippen LogP contribution in [0.15, 0.2) is 54.1 Å². The molecule has 0 radical (unpaired) electrons. The Morgan fingerprint density at radius 1 is 1.09 bits per heavy atom. The van der Waals surface area contributed by atoms with Gasteiger partial charge in [0.15, 0.2) is 0 Å². The molecule has 1 aliphatic heterocycles. The molecule has 2 aromatic carbocycles. The molecule has 1 aliphatic rings. The van der Waals surface area contributed by atoms with Crippen molar-refractivity contribution in [2.75, 3.05) is 40.9 Å². The lowest BCUT2D eigenvalue weighted by molar-refractivity contribution is -0.140. The van der Waals surface area contributed by atoms with Gasteiger partial charge in [-0.3, -0.25) is 9.59 Å². The highest BCUT2D eigenvalue weighted by Gasteiger charge is 2.45. The van der Waals surface area contributed by atoms with E-state index >= 15 is 0 Å². The molecule has 7 heteroatoms. The Morgan fingerprint density at radius 3 is 2.44 bits per heavy atom. The Kier molecular flexibility index (Phi) is 7.53. The molecule has 32 heavy (non-hydrogen) atoms. The molecule has 1 fully saturated rings.